The summed E-state index contributed by atoms with van der Waals surface area (Å²) < 4.78 is 53.9. The van der Waals surface area contributed by atoms with Crippen LogP contribution in [-0.2, 0) is 24.0 Å². The third kappa shape index (κ3) is 2.61. The number of aryl methyl sites for hydroxylation is 1. The predicted octanol–water partition coefficient (Wildman–Crippen LogP) is 4.27. The molecule has 1 atom stereocenters. The first kappa shape index (κ1) is 16.8. The van der Waals surface area contributed by atoms with Crippen molar-refractivity contribution in [3.8, 4) is 5.69 Å². The Morgan fingerprint density at radius 2 is 1.73 bits per heavy atom. The molecular formula is C18H14F3N3OS. The molecule has 0 spiro atoms. The summed E-state index contributed by atoms with van der Waals surface area (Å²) in [7, 11) is 0.644. The second kappa shape index (κ2) is 5.70. The fourth-order valence-electron chi connectivity index (χ4n) is 3.12. The van der Waals surface area contributed by atoms with Gasteiger partial charge in [-0.1, -0.05) is 0 Å². The van der Waals surface area contributed by atoms with Gasteiger partial charge in [0, 0.05) is 46.3 Å². The fourth-order valence-corrected chi connectivity index (χ4v) is 3.66. The van der Waals surface area contributed by atoms with Gasteiger partial charge < -0.3 is 4.57 Å². The van der Waals surface area contributed by atoms with Crippen molar-refractivity contribution in [3.05, 3.63) is 54.2 Å². The van der Waals surface area contributed by atoms with E-state index in [9.17, 15) is 17.4 Å². The fraction of sp³-hybridized carbons (Fsp3) is 0.167. The maximum Gasteiger partial charge on any atom is 0.416 e. The highest BCUT2D eigenvalue weighted by Gasteiger charge is 2.30. The summed E-state index contributed by atoms with van der Waals surface area (Å²) in [5, 5.41) is 5.27. The Bertz CT molecular complexity index is 1160. The molecule has 0 bridgehead atoms. The lowest BCUT2D eigenvalue weighted by atomic mass is 10.2. The minimum Gasteiger partial charge on any atom is -0.306 e. The minimum atomic E-state index is -4.37. The Morgan fingerprint density at radius 1 is 1.04 bits per heavy atom. The molecule has 26 heavy (non-hydrogen) atoms. The van der Waals surface area contributed by atoms with E-state index in [0.717, 1.165) is 34.1 Å². The molecule has 0 aliphatic carbocycles. The number of hydrogen-bond donors (Lipinski definition) is 0. The number of nitrogens with zero attached hydrogens (tertiary/aromatic N) is 3. The lowest BCUT2D eigenvalue weighted by molar-refractivity contribution is -0.137. The van der Waals surface area contributed by atoms with Gasteiger partial charge in [-0.3, -0.25) is 8.89 Å². The zero-order valence-electron chi connectivity index (χ0n) is 13.9. The predicted molar refractivity (Wildman–Crippen MR) is 94.9 cm³/mol. The van der Waals surface area contributed by atoms with Crippen molar-refractivity contribution in [2.45, 2.75) is 11.1 Å². The zero-order chi connectivity index (χ0) is 18.6. The van der Waals surface area contributed by atoms with E-state index in [0.29, 0.717) is 10.6 Å². The monoisotopic (exact) mass is 377 g/mol. The molecule has 2 heterocycles. The summed E-state index contributed by atoms with van der Waals surface area (Å²) in [6, 6.07) is 10.4. The molecule has 0 amide bonds. The van der Waals surface area contributed by atoms with Gasteiger partial charge in [-0.15, -0.1) is 0 Å². The van der Waals surface area contributed by atoms with E-state index in [1.54, 1.807) is 24.1 Å². The van der Waals surface area contributed by atoms with E-state index < -0.39 is 22.5 Å². The van der Waals surface area contributed by atoms with Crippen molar-refractivity contribution >= 4 is 32.7 Å². The lowest BCUT2D eigenvalue weighted by Gasteiger charge is -2.10. The molecule has 8 heteroatoms. The van der Waals surface area contributed by atoms with Crippen LogP contribution in [0.2, 0.25) is 0 Å². The quantitative estimate of drug-likeness (QED) is 0.523. The SMILES string of the molecule is Cn1cc2c(n1)c1cc(S(C)=O)ccc1n2-c1ccc(C(F)(F)F)cc1. The van der Waals surface area contributed by atoms with Gasteiger partial charge in [0.2, 0.25) is 0 Å². The number of rotatable bonds is 2. The van der Waals surface area contributed by atoms with E-state index in [-0.39, 0.29) is 0 Å². The van der Waals surface area contributed by atoms with Crippen LogP contribution in [0.5, 0.6) is 0 Å². The van der Waals surface area contributed by atoms with Crippen LogP contribution in [0.25, 0.3) is 27.6 Å². The van der Waals surface area contributed by atoms with Gasteiger partial charge >= 0.3 is 6.18 Å². The second-order valence-electron chi connectivity index (χ2n) is 6.05. The molecule has 0 aliphatic heterocycles. The van der Waals surface area contributed by atoms with Crippen LogP contribution in [0.1, 0.15) is 5.56 Å². The number of aromatic nitrogens is 3. The molecule has 134 valence electrons. The van der Waals surface area contributed by atoms with Crippen molar-refractivity contribution in [3.63, 3.8) is 0 Å². The van der Waals surface area contributed by atoms with Crippen LogP contribution in [0.3, 0.4) is 0 Å². The molecule has 0 aliphatic rings. The summed E-state index contributed by atoms with van der Waals surface area (Å²) in [5.74, 6) is 0. The maximum absolute atomic E-state index is 12.8. The van der Waals surface area contributed by atoms with Crippen LogP contribution >= 0.6 is 0 Å². The van der Waals surface area contributed by atoms with Gasteiger partial charge in [-0.25, -0.2) is 0 Å². The Balaban J connectivity index is 2.00. The van der Waals surface area contributed by atoms with E-state index in [4.69, 9.17) is 0 Å². The highest BCUT2D eigenvalue weighted by atomic mass is 32.2. The van der Waals surface area contributed by atoms with E-state index in [1.807, 2.05) is 22.9 Å². The van der Waals surface area contributed by atoms with Crippen LogP contribution in [0.4, 0.5) is 13.2 Å². The second-order valence-corrected chi connectivity index (χ2v) is 7.43. The molecule has 0 fully saturated rings. The van der Waals surface area contributed by atoms with Crippen LogP contribution < -0.4 is 0 Å². The highest BCUT2D eigenvalue weighted by Crippen LogP contribution is 2.34. The average Bonchev–Trinajstić information content (AvgIpc) is 3.08. The number of halogens is 3. The zero-order valence-corrected chi connectivity index (χ0v) is 14.7. The van der Waals surface area contributed by atoms with Gasteiger partial charge in [0.25, 0.3) is 0 Å². The molecule has 4 nitrogen and oxygen atoms in total. The van der Waals surface area contributed by atoms with E-state index >= 15 is 0 Å². The summed E-state index contributed by atoms with van der Waals surface area (Å²) in [5.41, 5.74) is 2.22. The van der Waals surface area contributed by atoms with Crippen molar-refractivity contribution in [2.24, 2.45) is 7.05 Å². The number of benzene rings is 2. The van der Waals surface area contributed by atoms with Crippen molar-refractivity contribution in [1.29, 1.82) is 0 Å². The normalized spacial score (nSPS) is 13.6. The third-order valence-electron chi connectivity index (χ3n) is 4.30. The maximum atomic E-state index is 12.8. The molecule has 0 radical (unpaired) electrons. The summed E-state index contributed by atoms with van der Waals surface area (Å²) in [6.45, 7) is 0. The third-order valence-corrected chi connectivity index (χ3v) is 5.22. The number of alkyl halides is 3. The summed E-state index contributed by atoms with van der Waals surface area (Å²) in [4.78, 5) is 0.676. The summed E-state index contributed by atoms with van der Waals surface area (Å²) in [6.07, 6.45) is -0.958. The molecule has 4 rings (SSSR count). The van der Waals surface area contributed by atoms with Gasteiger partial charge in [0.15, 0.2) is 0 Å². The topological polar surface area (TPSA) is 39.8 Å². The minimum absolute atomic E-state index is 0.608. The standard InChI is InChI=1S/C18H14F3N3OS/c1-23-10-16-17(22-23)14-9-13(26(2)25)7-8-15(14)24(16)12-5-3-11(4-6-12)18(19,20)21/h3-10H,1-2H3. The number of fused-ring (bicyclic) bond motifs is 3. The Morgan fingerprint density at radius 3 is 2.35 bits per heavy atom. The van der Waals surface area contributed by atoms with E-state index in [1.165, 1.54) is 12.1 Å². The molecular weight excluding hydrogens is 363 g/mol. The van der Waals surface area contributed by atoms with Gasteiger partial charge in [0.05, 0.1) is 16.6 Å². The molecule has 0 saturated heterocycles. The molecule has 2 aromatic carbocycles. The van der Waals surface area contributed by atoms with Crippen molar-refractivity contribution < 1.29 is 17.4 Å². The smallest absolute Gasteiger partial charge is 0.306 e. The van der Waals surface area contributed by atoms with Crippen molar-refractivity contribution in [1.82, 2.24) is 14.3 Å². The Labute approximate surface area is 149 Å². The average molecular weight is 377 g/mol. The largest absolute Gasteiger partial charge is 0.416 e. The highest BCUT2D eigenvalue weighted by molar-refractivity contribution is 7.84. The van der Waals surface area contributed by atoms with E-state index in [2.05, 4.69) is 5.10 Å². The Kier molecular flexibility index (Phi) is 3.69. The molecule has 4 aromatic rings. The van der Waals surface area contributed by atoms with Crippen LogP contribution in [0, 0.1) is 0 Å². The Hall–Kier alpha value is -2.61. The first-order chi connectivity index (χ1) is 12.3. The van der Waals surface area contributed by atoms with Gasteiger partial charge in [-0.2, -0.15) is 18.3 Å². The first-order valence-corrected chi connectivity index (χ1v) is 9.30. The van der Waals surface area contributed by atoms with Crippen LogP contribution in [0.15, 0.2) is 53.6 Å². The lowest BCUT2D eigenvalue weighted by Crippen LogP contribution is -2.05. The van der Waals surface area contributed by atoms with Crippen molar-refractivity contribution in [2.75, 3.05) is 6.26 Å². The van der Waals surface area contributed by atoms with Gasteiger partial charge in [-0.05, 0) is 42.5 Å². The molecule has 0 N–H and O–H groups in total. The molecule has 0 saturated carbocycles. The number of hydrogen-bond acceptors (Lipinski definition) is 2. The summed E-state index contributed by atoms with van der Waals surface area (Å²) >= 11 is 0. The molecule has 1 unspecified atom stereocenters. The van der Waals surface area contributed by atoms with Crippen LogP contribution in [-0.4, -0.2) is 24.8 Å². The molecule has 2 aromatic heterocycles. The van der Waals surface area contributed by atoms with Gasteiger partial charge in [0.1, 0.15) is 5.52 Å². The first-order valence-electron chi connectivity index (χ1n) is 7.74.